The molecule has 0 unspecified atom stereocenters. The van der Waals surface area contributed by atoms with Crippen molar-refractivity contribution in [1.82, 2.24) is 5.32 Å². The smallest absolute Gasteiger partial charge is 0.250 e. The summed E-state index contributed by atoms with van der Waals surface area (Å²) in [6.07, 6.45) is 3.53. The van der Waals surface area contributed by atoms with Gasteiger partial charge in [-0.1, -0.05) is 43.3 Å². The van der Waals surface area contributed by atoms with Gasteiger partial charge in [-0.2, -0.15) is 0 Å². The highest BCUT2D eigenvalue weighted by molar-refractivity contribution is 7.80. The Hall–Kier alpha value is -2.99. The Labute approximate surface area is 152 Å². The third kappa shape index (κ3) is 6.56. The van der Waals surface area contributed by atoms with E-state index in [1.807, 2.05) is 30.3 Å². The van der Waals surface area contributed by atoms with Crippen LogP contribution in [0.1, 0.15) is 18.9 Å². The maximum atomic E-state index is 11.9. The van der Waals surface area contributed by atoms with Crippen molar-refractivity contribution in [3.8, 4) is 0 Å². The summed E-state index contributed by atoms with van der Waals surface area (Å²) >= 11 is 5.13. The lowest BCUT2D eigenvalue weighted by Gasteiger charge is -2.10. The van der Waals surface area contributed by atoms with Gasteiger partial charge in [-0.25, -0.2) is 0 Å². The van der Waals surface area contributed by atoms with Crippen LogP contribution in [0.4, 0.5) is 11.4 Å². The van der Waals surface area contributed by atoms with Crippen LogP contribution in [0.25, 0.3) is 6.08 Å². The lowest BCUT2D eigenvalue weighted by atomic mass is 10.2. The lowest BCUT2D eigenvalue weighted by Crippen LogP contribution is -2.32. The Morgan fingerprint density at radius 2 is 1.68 bits per heavy atom. The summed E-state index contributed by atoms with van der Waals surface area (Å²) in [7, 11) is 0. The Balaban J connectivity index is 1.89. The van der Waals surface area contributed by atoms with Gasteiger partial charge in [0.25, 0.3) is 0 Å². The van der Waals surface area contributed by atoms with E-state index < -0.39 is 0 Å². The normalized spacial score (nSPS) is 10.3. The van der Waals surface area contributed by atoms with Crippen molar-refractivity contribution >= 4 is 46.6 Å². The topological polar surface area (TPSA) is 70.2 Å². The molecule has 0 radical (unpaired) electrons. The number of nitrogens with one attached hydrogen (secondary N) is 3. The van der Waals surface area contributed by atoms with Gasteiger partial charge >= 0.3 is 0 Å². The summed E-state index contributed by atoms with van der Waals surface area (Å²) < 4.78 is 0. The number of hydrogen-bond acceptors (Lipinski definition) is 3. The predicted octanol–water partition coefficient (Wildman–Crippen LogP) is 3.56. The first-order valence-electron chi connectivity index (χ1n) is 7.82. The highest BCUT2D eigenvalue weighted by Crippen LogP contribution is 2.15. The lowest BCUT2D eigenvalue weighted by molar-refractivity contribution is -0.116. The minimum absolute atomic E-state index is 0.0703. The summed E-state index contributed by atoms with van der Waals surface area (Å²) in [6.45, 7) is 1.78. The van der Waals surface area contributed by atoms with Gasteiger partial charge in [-0.15, -0.1) is 0 Å². The van der Waals surface area contributed by atoms with Gasteiger partial charge in [0.05, 0.1) is 0 Å². The number of thiocarbonyl (C=S) groups is 1. The number of carbonyl (C=O) groups is 2. The molecular weight excluding hydrogens is 334 g/mol. The van der Waals surface area contributed by atoms with E-state index in [0.717, 1.165) is 5.56 Å². The van der Waals surface area contributed by atoms with Gasteiger partial charge in [0.1, 0.15) is 0 Å². The molecule has 128 valence electrons. The van der Waals surface area contributed by atoms with E-state index in [1.54, 1.807) is 37.3 Å². The molecule has 0 spiro atoms. The number of anilines is 2. The monoisotopic (exact) mass is 353 g/mol. The molecular formula is C19H19N3O2S. The highest BCUT2D eigenvalue weighted by Gasteiger charge is 2.04. The van der Waals surface area contributed by atoms with E-state index in [2.05, 4.69) is 16.0 Å². The van der Waals surface area contributed by atoms with Crippen LogP contribution in [-0.4, -0.2) is 16.9 Å². The number of benzene rings is 2. The van der Waals surface area contributed by atoms with Gasteiger partial charge in [0.2, 0.25) is 11.8 Å². The minimum Gasteiger partial charge on any atom is -0.332 e. The molecule has 5 nitrogen and oxygen atoms in total. The fraction of sp³-hybridized carbons (Fsp3) is 0.105. The molecule has 0 aliphatic heterocycles. The molecule has 0 aromatic heterocycles. The van der Waals surface area contributed by atoms with Gasteiger partial charge < -0.3 is 10.6 Å². The molecule has 0 saturated carbocycles. The van der Waals surface area contributed by atoms with Crippen LogP contribution in [0, 0.1) is 0 Å². The summed E-state index contributed by atoms with van der Waals surface area (Å²) in [4.78, 5) is 23.3. The van der Waals surface area contributed by atoms with Crippen molar-refractivity contribution in [1.29, 1.82) is 0 Å². The molecule has 0 aliphatic carbocycles. The fourth-order valence-electron chi connectivity index (χ4n) is 1.98. The molecule has 0 heterocycles. The maximum absolute atomic E-state index is 11.9. The van der Waals surface area contributed by atoms with E-state index in [1.165, 1.54) is 6.08 Å². The standard InChI is InChI=1S/C19H19N3O2S/c1-2-17(23)20-15-9-6-10-16(13-15)21-19(25)22-18(24)12-11-14-7-4-3-5-8-14/h3-13H,2H2,1H3,(H,20,23)(H2,21,22,24,25)/b12-11+. The third-order valence-electron chi connectivity index (χ3n) is 3.19. The molecule has 2 aromatic carbocycles. The summed E-state index contributed by atoms with van der Waals surface area (Å²) in [6, 6.07) is 16.6. The first-order valence-corrected chi connectivity index (χ1v) is 8.22. The molecule has 0 bridgehead atoms. The molecule has 25 heavy (non-hydrogen) atoms. The highest BCUT2D eigenvalue weighted by atomic mass is 32.1. The quantitative estimate of drug-likeness (QED) is 0.568. The second kappa shape index (κ2) is 9.34. The largest absolute Gasteiger partial charge is 0.332 e. The zero-order chi connectivity index (χ0) is 18.1. The second-order valence-electron chi connectivity index (χ2n) is 5.17. The molecule has 0 atom stereocenters. The molecule has 2 aromatic rings. The van der Waals surface area contributed by atoms with Gasteiger partial charge in [0, 0.05) is 23.9 Å². The van der Waals surface area contributed by atoms with Crippen LogP contribution < -0.4 is 16.0 Å². The summed E-state index contributed by atoms with van der Waals surface area (Å²) in [5, 5.41) is 8.44. The van der Waals surface area contributed by atoms with Crippen molar-refractivity contribution < 1.29 is 9.59 Å². The van der Waals surface area contributed by atoms with Crippen molar-refractivity contribution in [2.24, 2.45) is 0 Å². The molecule has 6 heteroatoms. The van der Waals surface area contributed by atoms with Crippen LogP contribution in [0.2, 0.25) is 0 Å². The van der Waals surface area contributed by atoms with Gasteiger partial charge in [-0.05, 0) is 42.1 Å². The summed E-state index contributed by atoms with van der Waals surface area (Å²) in [5.74, 6) is -0.393. The average Bonchev–Trinajstić information content (AvgIpc) is 2.61. The minimum atomic E-state index is -0.322. The van der Waals surface area contributed by atoms with Crippen molar-refractivity contribution in [2.75, 3.05) is 10.6 Å². The zero-order valence-electron chi connectivity index (χ0n) is 13.8. The van der Waals surface area contributed by atoms with Crippen LogP contribution in [0.15, 0.2) is 60.7 Å². The number of hydrogen-bond donors (Lipinski definition) is 3. The predicted molar refractivity (Wildman–Crippen MR) is 105 cm³/mol. The number of rotatable bonds is 5. The number of amides is 2. The van der Waals surface area contributed by atoms with Gasteiger partial charge in [-0.3, -0.25) is 14.9 Å². The fourth-order valence-corrected chi connectivity index (χ4v) is 2.19. The van der Waals surface area contributed by atoms with Crippen molar-refractivity contribution in [3.05, 3.63) is 66.2 Å². The Morgan fingerprint density at radius 3 is 2.36 bits per heavy atom. The van der Waals surface area contributed by atoms with E-state index in [9.17, 15) is 9.59 Å². The average molecular weight is 353 g/mol. The molecule has 0 saturated heterocycles. The van der Waals surface area contributed by atoms with Crippen LogP contribution >= 0.6 is 12.2 Å². The van der Waals surface area contributed by atoms with Crippen LogP contribution in [0.5, 0.6) is 0 Å². The Morgan fingerprint density at radius 1 is 1.00 bits per heavy atom. The molecule has 3 N–H and O–H groups in total. The zero-order valence-corrected chi connectivity index (χ0v) is 14.6. The maximum Gasteiger partial charge on any atom is 0.250 e. The van der Waals surface area contributed by atoms with E-state index in [0.29, 0.717) is 17.8 Å². The van der Waals surface area contributed by atoms with Crippen molar-refractivity contribution in [3.63, 3.8) is 0 Å². The molecule has 2 amide bonds. The van der Waals surface area contributed by atoms with Gasteiger partial charge in [0.15, 0.2) is 5.11 Å². The Kier molecular flexibility index (Phi) is 6.86. The van der Waals surface area contributed by atoms with E-state index >= 15 is 0 Å². The second-order valence-corrected chi connectivity index (χ2v) is 5.58. The van der Waals surface area contributed by atoms with Crippen LogP contribution in [-0.2, 0) is 9.59 Å². The molecule has 2 rings (SSSR count). The first-order chi connectivity index (χ1) is 12.1. The van der Waals surface area contributed by atoms with E-state index in [4.69, 9.17) is 12.2 Å². The van der Waals surface area contributed by atoms with Crippen LogP contribution in [0.3, 0.4) is 0 Å². The molecule has 0 aliphatic rings. The number of carbonyl (C=O) groups excluding carboxylic acids is 2. The SMILES string of the molecule is CCC(=O)Nc1cccc(NC(=S)NC(=O)/C=C/c2ccccc2)c1. The van der Waals surface area contributed by atoms with Crippen molar-refractivity contribution in [2.45, 2.75) is 13.3 Å². The third-order valence-corrected chi connectivity index (χ3v) is 3.39. The Bertz CT molecular complexity index is 788. The first kappa shape index (κ1) is 18.4. The summed E-state index contributed by atoms with van der Waals surface area (Å²) in [5.41, 5.74) is 2.26. The van der Waals surface area contributed by atoms with E-state index in [-0.39, 0.29) is 16.9 Å². The molecule has 0 fully saturated rings.